The number of hydrogen-bond donors (Lipinski definition) is 2. The van der Waals surface area contributed by atoms with Crippen LogP contribution < -0.4 is 10.6 Å². The van der Waals surface area contributed by atoms with Crippen LogP contribution in [-0.4, -0.2) is 49.1 Å². The first kappa shape index (κ1) is 11.9. The molecule has 0 bridgehead atoms. The minimum Gasteiger partial charge on any atom is -0.352 e. The predicted molar refractivity (Wildman–Crippen MR) is 64.3 cm³/mol. The van der Waals surface area contributed by atoms with Crippen molar-refractivity contribution in [2.24, 2.45) is 0 Å². The van der Waals surface area contributed by atoms with E-state index in [1.54, 1.807) is 0 Å². The van der Waals surface area contributed by atoms with Gasteiger partial charge in [-0.25, -0.2) is 0 Å². The Morgan fingerprint density at radius 3 is 2.88 bits per heavy atom. The van der Waals surface area contributed by atoms with Crippen molar-refractivity contribution in [1.29, 1.82) is 0 Å². The minimum atomic E-state index is 0.225. The lowest BCUT2D eigenvalue weighted by atomic mass is 10.0. The van der Waals surface area contributed by atoms with Crippen molar-refractivity contribution in [2.75, 3.05) is 26.2 Å². The standard InChI is InChI=1S/C12H23N3O/c1-2-15(11-4-3-7-13-8-11)9-10-5-6-12(16)14-10/h10-11,13H,2-9H2,1H3,(H,14,16). The van der Waals surface area contributed by atoms with Crippen molar-refractivity contribution in [3.63, 3.8) is 0 Å². The second-order valence-corrected chi connectivity index (χ2v) is 4.89. The van der Waals surface area contributed by atoms with Crippen LogP contribution in [0.2, 0.25) is 0 Å². The van der Waals surface area contributed by atoms with Gasteiger partial charge in [-0.2, -0.15) is 0 Å². The topological polar surface area (TPSA) is 44.4 Å². The Bertz CT molecular complexity index is 238. The van der Waals surface area contributed by atoms with Gasteiger partial charge >= 0.3 is 0 Å². The molecule has 0 radical (unpaired) electrons. The highest BCUT2D eigenvalue weighted by molar-refractivity contribution is 5.78. The third-order valence-electron chi connectivity index (χ3n) is 3.73. The summed E-state index contributed by atoms with van der Waals surface area (Å²) in [5.74, 6) is 0.225. The molecule has 4 heteroatoms. The highest BCUT2D eigenvalue weighted by atomic mass is 16.1. The Morgan fingerprint density at radius 2 is 2.31 bits per heavy atom. The molecule has 0 aromatic heterocycles. The zero-order chi connectivity index (χ0) is 11.4. The quantitative estimate of drug-likeness (QED) is 0.725. The van der Waals surface area contributed by atoms with Gasteiger partial charge in [-0.15, -0.1) is 0 Å². The molecule has 2 aliphatic rings. The number of nitrogens with one attached hydrogen (secondary N) is 2. The van der Waals surface area contributed by atoms with Gasteiger partial charge in [0.15, 0.2) is 0 Å². The lowest BCUT2D eigenvalue weighted by Gasteiger charge is -2.35. The molecule has 2 atom stereocenters. The van der Waals surface area contributed by atoms with Crippen LogP contribution >= 0.6 is 0 Å². The molecular weight excluding hydrogens is 202 g/mol. The third kappa shape index (κ3) is 2.95. The molecule has 0 aromatic rings. The Kier molecular flexibility index (Phi) is 4.18. The van der Waals surface area contributed by atoms with E-state index in [9.17, 15) is 4.79 Å². The van der Waals surface area contributed by atoms with Gasteiger partial charge in [0.2, 0.25) is 5.91 Å². The summed E-state index contributed by atoms with van der Waals surface area (Å²) in [6, 6.07) is 1.05. The molecule has 92 valence electrons. The van der Waals surface area contributed by atoms with Crippen LogP contribution in [0.15, 0.2) is 0 Å². The Hall–Kier alpha value is -0.610. The van der Waals surface area contributed by atoms with Crippen LogP contribution in [0, 0.1) is 0 Å². The lowest BCUT2D eigenvalue weighted by Crippen LogP contribution is -2.50. The molecule has 0 aliphatic carbocycles. The highest BCUT2D eigenvalue weighted by Crippen LogP contribution is 2.14. The Morgan fingerprint density at radius 1 is 1.44 bits per heavy atom. The summed E-state index contributed by atoms with van der Waals surface area (Å²) in [5.41, 5.74) is 0. The number of carbonyl (C=O) groups is 1. The summed E-state index contributed by atoms with van der Waals surface area (Å²) < 4.78 is 0. The summed E-state index contributed by atoms with van der Waals surface area (Å²) in [7, 11) is 0. The number of nitrogens with zero attached hydrogens (tertiary/aromatic N) is 1. The maximum Gasteiger partial charge on any atom is 0.220 e. The molecule has 0 saturated carbocycles. The van der Waals surface area contributed by atoms with Crippen LogP contribution in [0.5, 0.6) is 0 Å². The fourth-order valence-corrected chi connectivity index (χ4v) is 2.78. The second kappa shape index (κ2) is 5.64. The summed E-state index contributed by atoms with van der Waals surface area (Å²) in [6.45, 7) is 6.58. The fraction of sp³-hybridized carbons (Fsp3) is 0.917. The van der Waals surface area contributed by atoms with Gasteiger partial charge in [0, 0.05) is 31.6 Å². The summed E-state index contributed by atoms with van der Waals surface area (Å²) in [6.07, 6.45) is 4.29. The maximum absolute atomic E-state index is 11.2. The van der Waals surface area contributed by atoms with E-state index in [0.717, 1.165) is 32.6 Å². The van der Waals surface area contributed by atoms with E-state index >= 15 is 0 Å². The average Bonchev–Trinajstić information content (AvgIpc) is 2.73. The van der Waals surface area contributed by atoms with Crippen molar-refractivity contribution < 1.29 is 4.79 Å². The summed E-state index contributed by atoms with van der Waals surface area (Å²) in [4.78, 5) is 13.7. The van der Waals surface area contributed by atoms with Gasteiger partial charge < -0.3 is 10.6 Å². The van der Waals surface area contributed by atoms with Crippen molar-refractivity contribution in [3.8, 4) is 0 Å². The number of piperidine rings is 1. The van der Waals surface area contributed by atoms with E-state index in [1.807, 2.05) is 0 Å². The molecule has 1 amide bonds. The van der Waals surface area contributed by atoms with Crippen LogP contribution in [0.4, 0.5) is 0 Å². The molecule has 16 heavy (non-hydrogen) atoms. The largest absolute Gasteiger partial charge is 0.352 e. The molecule has 2 unspecified atom stereocenters. The maximum atomic E-state index is 11.2. The highest BCUT2D eigenvalue weighted by Gasteiger charge is 2.26. The van der Waals surface area contributed by atoms with E-state index < -0.39 is 0 Å². The first-order chi connectivity index (χ1) is 7.79. The SMILES string of the molecule is CCN(CC1CCC(=O)N1)C1CCCNC1. The van der Waals surface area contributed by atoms with E-state index in [2.05, 4.69) is 22.5 Å². The van der Waals surface area contributed by atoms with Crippen LogP contribution in [0.25, 0.3) is 0 Å². The van der Waals surface area contributed by atoms with Crippen molar-refractivity contribution in [3.05, 3.63) is 0 Å². The van der Waals surface area contributed by atoms with Crippen molar-refractivity contribution >= 4 is 5.91 Å². The van der Waals surface area contributed by atoms with Gasteiger partial charge in [-0.3, -0.25) is 9.69 Å². The number of hydrogen-bond acceptors (Lipinski definition) is 3. The number of amides is 1. The average molecular weight is 225 g/mol. The van der Waals surface area contributed by atoms with Crippen molar-refractivity contribution in [1.82, 2.24) is 15.5 Å². The zero-order valence-electron chi connectivity index (χ0n) is 10.2. The smallest absolute Gasteiger partial charge is 0.220 e. The van der Waals surface area contributed by atoms with Gasteiger partial charge in [0.1, 0.15) is 0 Å². The van der Waals surface area contributed by atoms with E-state index in [-0.39, 0.29) is 5.91 Å². The van der Waals surface area contributed by atoms with Gasteiger partial charge in [-0.1, -0.05) is 6.92 Å². The normalized spacial score (nSPS) is 30.8. The molecule has 0 aromatic carbocycles. The lowest BCUT2D eigenvalue weighted by molar-refractivity contribution is -0.119. The minimum absolute atomic E-state index is 0.225. The molecule has 2 aliphatic heterocycles. The Labute approximate surface area is 97.8 Å². The van der Waals surface area contributed by atoms with Crippen molar-refractivity contribution in [2.45, 2.75) is 44.7 Å². The van der Waals surface area contributed by atoms with E-state index in [1.165, 1.54) is 12.8 Å². The first-order valence-corrected chi connectivity index (χ1v) is 6.53. The zero-order valence-corrected chi connectivity index (χ0v) is 10.2. The third-order valence-corrected chi connectivity index (χ3v) is 3.73. The monoisotopic (exact) mass is 225 g/mol. The molecule has 2 saturated heterocycles. The predicted octanol–water partition coefficient (Wildman–Crippen LogP) is 0.339. The number of rotatable bonds is 4. The molecule has 2 rings (SSSR count). The van der Waals surface area contributed by atoms with Gasteiger partial charge in [0.05, 0.1) is 0 Å². The van der Waals surface area contributed by atoms with Crippen LogP contribution in [0.1, 0.15) is 32.6 Å². The molecule has 2 N–H and O–H groups in total. The van der Waals surface area contributed by atoms with E-state index in [0.29, 0.717) is 18.5 Å². The summed E-state index contributed by atoms with van der Waals surface area (Å²) in [5, 5.41) is 6.51. The van der Waals surface area contributed by atoms with E-state index in [4.69, 9.17) is 0 Å². The number of carbonyl (C=O) groups excluding carboxylic acids is 1. The Balaban J connectivity index is 1.82. The fourth-order valence-electron chi connectivity index (χ4n) is 2.78. The number of likely N-dealkylation sites (N-methyl/N-ethyl adjacent to an activating group) is 1. The van der Waals surface area contributed by atoms with Crippen LogP contribution in [0.3, 0.4) is 0 Å². The molecular formula is C12H23N3O. The molecule has 2 heterocycles. The second-order valence-electron chi connectivity index (χ2n) is 4.89. The van der Waals surface area contributed by atoms with Gasteiger partial charge in [0.25, 0.3) is 0 Å². The molecule has 2 fully saturated rings. The molecule has 4 nitrogen and oxygen atoms in total. The van der Waals surface area contributed by atoms with Gasteiger partial charge in [-0.05, 0) is 32.4 Å². The first-order valence-electron chi connectivity index (χ1n) is 6.53. The van der Waals surface area contributed by atoms with Crippen LogP contribution in [-0.2, 0) is 4.79 Å². The summed E-state index contributed by atoms with van der Waals surface area (Å²) >= 11 is 0. The molecule has 0 spiro atoms.